The minimum atomic E-state index is 0.297. The van der Waals surface area contributed by atoms with E-state index in [-0.39, 0.29) is 0 Å². The van der Waals surface area contributed by atoms with Gasteiger partial charge < -0.3 is 10.1 Å². The van der Waals surface area contributed by atoms with Crippen molar-refractivity contribution in [1.29, 1.82) is 0 Å². The number of rotatable bonds is 5. The Bertz CT molecular complexity index is 490. The van der Waals surface area contributed by atoms with Crippen molar-refractivity contribution in [3.63, 3.8) is 0 Å². The molecule has 1 atom stereocenters. The fourth-order valence-electron chi connectivity index (χ4n) is 1.72. The Kier molecular flexibility index (Phi) is 4.07. The third-order valence-electron chi connectivity index (χ3n) is 2.70. The molecule has 2 N–H and O–H groups in total. The van der Waals surface area contributed by atoms with Crippen molar-refractivity contribution in [2.24, 2.45) is 5.73 Å². The summed E-state index contributed by atoms with van der Waals surface area (Å²) in [7, 11) is 0. The first-order valence-corrected chi connectivity index (χ1v) is 7.09. The van der Waals surface area contributed by atoms with Crippen LogP contribution in [0.1, 0.15) is 24.6 Å². The van der Waals surface area contributed by atoms with Gasteiger partial charge in [-0.1, -0.05) is 6.07 Å². The molecule has 0 aliphatic carbocycles. The third-order valence-corrected chi connectivity index (χ3v) is 3.72. The van der Waals surface area contributed by atoms with Crippen LogP contribution in [-0.4, -0.2) is 21.2 Å². The normalized spacial score (nSPS) is 13.1. The predicted molar refractivity (Wildman–Crippen MR) is 74.4 cm³/mol. The monoisotopic (exact) mass is 249 g/mol. The Morgan fingerprint density at radius 3 is 3.06 bits per heavy atom. The molecule has 0 aromatic carbocycles. The standard InChI is InChI=1S/C13H19N3S/c1-10-4-3-6-16-8-12(15-13(10)16)9-17-7-5-11(2)14/h3-4,6,8,11H,5,7,9,14H2,1-2H3. The van der Waals surface area contributed by atoms with Crippen LogP contribution in [0, 0.1) is 6.92 Å². The first-order chi connectivity index (χ1) is 8.16. The molecular formula is C13H19N3S. The average Bonchev–Trinajstić information content (AvgIpc) is 2.69. The number of aromatic nitrogens is 2. The van der Waals surface area contributed by atoms with Crippen LogP contribution >= 0.6 is 11.8 Å². The number of imidazole rings is 1. The van der Waals surface area contributed by atoms with E-state index in [4.69, 9.17) is 5.73 Å². The summed E-state index contributed by atoms with van der Waals surface area (Å²) in [6.45, 7) is 4.14. The largest absolute Gasteiger partial charge is 0.328 e. The summed E-state index contributed by atoms with van der Waals surface area (Å²) in [6.07, 6.45) is 5.23. The maximum absolute atomic E-state index is 5.72. The van der Waals surface area contributed by atoms with Gasteiger partial charge in [0.05, 0.1) is 5.69 Å². The molecule has 0 spiro atoms. The van der Waals surface area contributed by atoms with Gasteiger partial charge in [0.1, 0.15) is 5.65 Å². The lowest BCUT2D eigenvalue weighted by molar-refractivity contribution is 0.721. The summed E-state index contributed by atoms with van der Waals surface area (Å²) in [5.74, 6) is 2.07. The van der Waals surface area contributed by atoms with Crippen LogP contribution in [0.2, 0.25) is 0 Å². The molecule has 0 aliphatic heterocycles. The molecule has 1 unspecified atom stereocenters. The number of nitrogens with zero attached hydrogens (tertiary/aromatic N) is 2. The van der Waals surface area contributed by atoms with Gasteiger partial charge in [0.15, 0.2) is 0 Å². The van der Waals surface area contributed by atoms with Crippen LogP contribution in [0.5, 0.6) is 0 Å². The fraction of sp³-hybridized carbons (Fsp3) is 0.462. The zero-order valence-electron chi connectivity index (χ0n) is 10.4. The summed E-state index contributed by atoms with van der Waals surface area (Å²) in [5, 5.41) is 0. The van der Waals surface area contributed by atoms with E-state index in [0.29, 0.717) is 6.04 Å². The molecule has 2 aromatic rings. The van der Waals surface area contributed by atoms with Gasteiger partial charge >= 0.3 is 0 Å². The fourth-order valence-corrected chi connectivity index (χ4v) is 2.75. The van der Waals surface area contributed by atoms with Gasteiger partial charge in [-0.15, -0.1) is 0 Å². The molecule has 3 nitrogen and oxygen atoms in total. The van der Waals surface area contributed by atoms with Gasteiger partial charge in [-0.05, 0) is 37.7 Å². The van der Waals surface area contributed by atoms with Gasteiger partial charge in [-0.2, -0.15) is 11.8 Å². The molecule has 2 aromatic heterocycles. The van der Waals surface area contributed by atoms with Crippen LogP contribution in [0.4, 0.5) is 0 Å². The Hall–Kier alpha value is -1.00. The van der Waals surface area contributed by atoms with Gasteiger partial charge in [0, 0.05) is 24.2 Å². The average molecular weight is 249 g/mol. The second kappa shape index (κ2) is 5.56. The van der Waals surface area contributed by atoms with E-state index in [9.17, 15) is 0 Å². The van der Waals surface area contributed by atoms with Crippen molar-refractivity contribution in [2.75, 3.05) is 5.75 Å². The molecule has 0 aliphatic rings. The minimum absolute atomic E-state index is 0.297. The lowest BCUT2D eigenvalue weighted by Gasteiger charge is -2.02. The highest BCUT2D eigenvalue weighted by Crippen LogP contribution is 2.15. The highest BCUT2D eigenvalue weighted by molar-refractivity contribution is 7.98. The second-order valence-electron chi connectivity index (χ2n) is 4.47. The van der Waals surface area contributed by atoms with Crippen molar-refractivity contribution < 1.29 is 0 Å². The van der Waals surface area contributed by atoms with Gasteiger partial charge in [0.25, 0.3) is 0 Å². The molecule has 92 valence electrons. The summed E-state index contributed by atoms with van der Waals surface area (Å²) >= 11 is 1.90. The lowest BCUT2D eigenvalue weighted by atomic mass is 10.3. The van der Waals surface area contributed by atoms with Crippen LogP contribution < -0.4 is 5.73 Å². The van der Waals surface area contributed by atoms with E-state index < -0.39 is 0 Å². The molecule has 0 amide bonds. The minimum Gasteiger partial charge on any atom is -0.328 e. The number of pyridine rings is 1. The second-order valence-corrected chi connectivity index (χ2v) is 5.58. The Morgan fingerprint density at radius 2 is 2.35 bits per heavy atom. The Morgan fingerprint density at radius 1 is 1.53 bits per heavy atom. The predicted octanol–water partition coefficient (Wildman–Crippen LogP) is 2.61. The number of fused-ring (bicyclic) bond motifs is 1. The number of thioether (sulfide) groups is 1. The highest BCUT2D eigenvalue weighted by Gasteiger charge is 2.03. The highest BCUT2D eigenvalue weighted by atomic mass is 32.2. The van der Waals surface area contributed by atoms with Crippen molar-refractivity contribution >= 4 is 17.4 Å². The quantitative estimate of drug-likeness (QED) is 0.828. The lowest BCUT2D eigenvalue weighted by Crippen LogP contribution is -2.15. The van der Waals surface area contributed by atoms with E-state index >= 15 is 0 Å². The van der Waals surface area contributed by atoms with Crippen molar-refractivity contribution in [1.82, 2.24) is 9.38 Å². The molecule has 0 saturated heterocycles. The van der Waals surface area contributed by atoms with Crippen LogP contribution in [0.3, 0.4) is 0 Å². The summed E-state index contributed by atoms with van der Waals surface area (Å²) < 4.78 is 2.09. The molecule has 0 saturated carbocycles. The summed E-state index contributed by atoms with van der Waals surface area (Å²) in [4.78, 5) is 4.64. The number of nitrogens with two attached hydrogens (primary N) is 1. The molecule has 4 heteroatoms. The Labute approximate surface area is 106 Å². The Balaban J connectivity index is 1.98. The maximum atomic E-state index is 5.72. The van der Waals surface area contributed by atoms with Crippen molar-refractivity contribution in [2.45, 2.75) is 32.1 Å². The van der Waals surface area contributed by atoms with Crippen molar-refractivity contribution in [3.8, 4) is 0 Å². The molecule has 2 heterocycles. The molecule has 0 bridgehead atoms. The SMILES string of the molecule is Cc1cccn2cc(CSCCC(C)N)nc12. The number of hydrogen-bond donors (Lipinski definition) is 1. The van der Waals surface area contributed by atoms with Crippen molar-refractivity contribution in [3.05, 3.63) is 35.8 Å². The van der Waals surface area contributed by atoms with E-state index in [0.717, 1.165) is 29.3 Å². The van der Waals surface area contributed by atoms with Gasteiger partial charge in [0.2, 0.25) is 0 Å². The topological polar surface area (TPSA) is 43.3 Å². The zero-order chi connectivity index (χ0) is 12.3. The summed E-state index contributed by atoms with van der Waals surface area (Å²) in [5.41, 5.74) is 9.15. The van der Waals surface area contributed by atoms with Crippen LogP contribution in [0.25, 0.3) is 5.65 Å². The molecule has 17 heavy (non-hydrogen) atoms. The first-order valence-electron chi connectivity index (χ1n) is 5.93. The maximum Gasteiger partial charge on any atom is 0.139 e. The van der Waals surface area contributed by atoms with E-state index in [1.54, 1.807) is 0 Å². The number of aryl methyl sites for hydroxylation is 1. The van der Waals surface area contributed by atoms with E-state index in [1.165, 1.54) is 5.56 Å². The van der Waals surface area contributed by atoms with Gasteiger partial charge in [-0.3, -0.25) is 0 Å². The molecule has 0 radical (unpaired) electrons. The van der Waals surface area contributed by atoms with Crippen LogP contribution in [0.15, 0.2) is 24.5 Å². The van der Waals surface area contributed by atoms with E-state index in [1.807, 2.05) is 18.0 Å². The van der Waals surface area contributed by atoms with Crippen LogP contribution in [-0.2, 0) is 5.75 Å². The molecule has 2 rings (SSSR count). The molecular weight excluding hydrogens is 230 g/mol. The molecule has 0 fully saturated rings. The zero-order valence-corrected chi connectivity index (χ0v) is 11.2. The number of hydrogen-bond acceptors (Lipinski definition) is 3. The van der Waals surface area contributed by atoms with E-state index in [2.05, 4.69) is 41.6 Å². The summed E-state index contributed by atoms with van der Waals surface area (Å²) in [6, 6.07) is 4.44. The van der Waals surface area contributed by atoms with Gasteiger partial charge in [-0.25, -0.2) is 4.98 Å². The first kappa shape index (κ1) is 12.5. The third kappa shape index (κ3) is 3.23. The smallest absolute Gasteiger partial charge is 0.139 e.